The number of esters is 1. The molecule has 0 radical (unpaired) electrons. The highest BCUT2D eigenvalue weighted by Crippen LogP contribution is 2.28. The Kier molecular flexibility index (Phi) is 8.60. The number of nitrogens with zero attached hydrogens (tertiary/aromatic N) is 1. The highest BCUT2D eigenvalue weighted by atomic mass is 35.5. The molecule has 0 aliphatic rings. The Bertz CT molecular complexity index is 1170. The summed E-state index contributed by atoms with van der Waals surface area (Å²) in [5, 5.41) is 3.16. The van der Waals surface area contributed by atoms with Crippen LogP contribution in [0.2, 0.25) is 5.02 Å². The number of halogens is 2. The standard InChI is InChI=1S/C26H26ClFN2O4/c1-4-5-12-33-26(32)19-8-6-18(7-9-19)17(3)30-24(31)22-14-20(27)15-29-25(22)34-23-11-10-21(28)13-16(23)2/h6-11,13-15,17H,4-5,12H2,1-3H3,(H,30,31)/t17-/m0/s1. The fourth-order valence-corrected chi connectivity index (χ4v) is 3.32. The molecule has 8 heteroatoms. The van der Waals surface area contributed by atoms with Gasteiger partial charge in [0.05, 0.1) is 23.2 Å². The predicted octanol–water partition coefficient (Wildman–Crippen LogP) is 6.42. The summed E-state index contributed by atoms with van der Waals surface area (Å²) in [7, 11) is 0. The van der Waals surface area contributed by atoms with Crippen LogP contribution in [0.4, 0.5) is 4.39 Å². The molecule has 1 amide bonds. The smallest absolute Gasteiger partial charge is 0.338 e. The Morgan fingerprint density at radius 1 is 1.15 bits per heavy atom. The normalized spacial score (nSPS) is 11.6. The quantitative estimate of drug-likeness (QED) is 0.280. The van der Waals surface area contributed by atoms with Gasteiger partial charge >= 0.3 is 5.97 Å². The lowest BCUT2D eigenvalue weighted by Gasteiger charge is -2.17. The zero-order valence-corrected chi connectivity index (χ0v) is 20.0. The number of carbonyl (C=O) groups excluding carboxylic acids is 2. The maximum absolute atomic E-state index is 13.4. The van der Waals surface area contributed by atoms with E-state index in [-0.39, 0.29) is 34.3 Å². The number of amides is 1. The number of aryl methyl sites for hydroxylation is 1. The van der Waals surface area contributed by atoms with Gasteiger partial charge in [0.25, 0.3) is 5.91 Å². The molecular formula is C26H26ClFN2O4. The molecule has 3 rings (SSSR count). The summed E-state index contributed by atoms with van der Waals surface area (Å²) in [6, 6.07) is 12.0. The molecule has 1 N–H and O–H groups in total. The summed E-state index contributed by atoms with van der Waals surface area (Å²) in [4.78, 5) is 29.2. The van der Waals surface area contributed by atoms with Crippen molar-refractivity contribution in [3.8, 4) is 11.6 Å². The van der Waals surface area contributed by atoms with Gasteiger partial charge < -0.3 is 14.8 Å². The van der Waals surface area contributed by atoms with Crippen LogP contribution in [0.3, 0.4) is 0 Å². The second-order valence-corrected chi connectivity index (χ2v) is 8.26. The van der Waals surface area contributed by atoms with Crippen molar-refractivity contribution < 1.29 is 23.5 Å². The molecule has 2 aromatic carbocycles. The summed E-state index contributed by atoms with van der Waals surface area (Å²) in [6.45, 7) is 5.92. The van der Waals surface area contributed by atoms with Gasteiger partial charge in [-0.25, -0.2) is 14.2 Å². The van der Waals surface area contributed by atoms with Crippen LogP contribution in [0.1, 0.15) is 64.6 Å². The number of pyridine rings is 1. The SMILES string of the molecule is CCCCOC(=O)c1ccc([C@H](C)NC(=O)c2cc(Cl)cnc2Oc2ccc(F)cc2C)cc1. The van der Waals surface area contributed by atoms with E-state index in [1.165, 1.54) is 30.5 Å². The van der Waals surface area contributed by atoms with Crippen LogP contribution in [0.25, 0.3) is 0 Å². The van der Waals surface area contributed by atoms with E-state index >= 15 is 0 Å². The number of benzene rings is 2. The number of hydrogen-bond acceptors (Lipinski definition) is 5. The van der Waals surface area contributed by atoms with E-state index in [1.54, 1.807) is 31.2 Å². The third-order valence-corrected chi connectivity index (χ3v) is 5.34. The number of aromatic nitrogens is 1. The minimum atomic E-state index is -0.444. The molecule has 1 heterocycles. The maximum atomic E-state index is 13.4. The first kappa shape index (κ1) is 25.2. The minimum Gasteiger partial charge on any atom is -0.462 e. The Morgan fingerprint density at radius 3 is 2.56 bits per heavy atom. The van der Waals surface area contributed by atoms with Gasteiger partial charge in [-0.1, -0.05) is 37.1 Å². The number of rotatable bonds is 9. The molecule has 0 aliphatic carbocycles. The average Bonchev–Trinajstić information content (AvgIpc) is 2.82. The lowest BCUT2D eigenvalue weighted by atomic mass is 10.1. The zero-order chi connectivity index (χ0) is 24.7. The fourth-order valence-electron chi connectivity index (χ4n) is 3.16. The molecule has 34 heavy (non-hydrogen) atoms. The van der Waals surface area contributed by atoms with Gasteiger partial charge in [0, 0.05) is 6.20 Å². The van der Waals surface area contributed by atoms with Crippen molar-refractivity contribution in [2.75, 3.05) is 6.61 Å². The molecule has 0 aliphatic heterocycles. The molecule has 0 saturated heterocycles. The van der Waals surface area contributed by atoms with E-state index in [4.69, 9.17) is 21.1 Å². The Labute approximate surface area is 203 Å². The fraction of sp³-hybridized carbons (Fsp3) is 0.269. The topological polar surface area (TPSA) is 77.5 Å². The summed E-state index contributed by atoms with van der Waals surface area (Å²) in [5.41, 5.74) is 1.94. The van der Waals surface area contributed by atoms with Gasteiger partial charge in [-0.2, -0.15) is 0 Å². The predicted molar refractivity (Wildman–Crippen MR) is 128 cm³/mol. The van der Waals surface area contributed by atoms with E-state index in [9.17, 15) is 14.0 Å². The van der Waals surface area contributed by atoms with Crippen molar-refractivity contribution >= 4 is 23.5 Å². The molecule has 6 nitrogen and oxygen atoms in total. The molecular weight excluding hydrogens is 459 g/mol. The van der Waals surface area contributed by atoms with E-state index in [2.05, 4.69) is 10.3 Å². The third kappa shape index (κ3) is 6.54. The van der Waals surface area contributed by atoms with Gasteiger partial charge in [-0.15, -0.1) is 0 Å². The van der Waals surface area contributed by atoms with Crippen LogP contribution in [0, 0.1) is 12.7 Å². The van der Waals surface area contributed by atoms with Crippen molar-refractivity contribution in [1.82, 2.24) is 10.3 Å². The summed E-state index contributed by atoms with van der Waals surface area (Å²) < 4.78 is 24.4. The molecule has 178 valence electrons. The van der Waals surface area contributed by atoms with Crippen molar-refractivity contribution in [1.29, 1.82) is 0 Å². The minimum absolute atomic E-state index is 0.0500. The van der Waals surface area contributed by atoms with E-state index in [0.29, 0.717) is 23.5 Å². The number of carbonyl (C=O) groups is 2. The molecule has 1 atom stereocenters. The van der Waals surface area contributed by atoms with E-state index < -0.39 is 5.91 Å². The first-order chi connectivity index (χ1) is 16.3. The van der Waals surface area contributed by atoms with Gasteiger partial charge in [0.2, 0.25) is 5.88 Å². The highest BCUT2D eigenvalue weighted by molar-refractivity contribution is 6.30. The van der Waals surface area contributed by atoms with Crippen molar-refractivity contribution in [3.63, 3.8) is 0 Å². The lowest BCUT2D eigenvalue weighted by Crippen LogP contribution is -2.27. The van der Waals surface area contributed by atoms with E-state index in [0.717, 1.165) is 18.4 Å². The monoisotopic (exact) mass is 484 g/mol. The molecule has 1 aromatic heterocycles. The second kappa shape index (κ2) is 11.6. The van der Waals surface area contributed by atoms with Gasteiger partial charge in [-0.3, -0.25) is 4.79 Å². The van der Waals surface area contributed by atoms with Crippen LogP contribution >= 0.6 is 11.6 Å². The van der Waals surface area contributed by atoms with Crippen LogP contribution in [-0.4, -0.2) is 23.5 Å². The van der Waals surface area contributed by atoms with Crippen LogP contribution < -0.4 is 10.1 Å². The average molecular weight is 485 g/mol. The zero-order valence-electron chi connectivity index (χ0n) is 19.2. The first-order valence-electron chi connectivity index (χ1n) is 11.0. The number of unbranched alkanes of at least 4 members (excludes halogenated alkanes) is 1. The molecule has 0 saturated carbocycles. The summed E-state index contributed by atoms with van der Waals surface area (Å²) >= 11 is 6.07. The number of nitrogens with one attached hydrogen (secondary N) is 1. The molecule has 0 spiro atoms. The largest absolute Gasteiger partial charge is 0.462 e. The van der Waals surface area contributed by atoms with Gasteiger partial charge in [-0.05, 0) is 67.8 Å². The first-order valence-corrected chi connectivity index (χ1v) is 11.3. The Balaban J connectivity index is 1.72. The highest BCUT2D eigenvalue weighted by Gasteiger charge is 2.19. The number of ether oxygens (including phenoxy) is 2. The molecule has 0 bridgehead atoms. The molecule has 0 fully saturated rings. The maximum Gasteiger partial charge on any atom is 0.338 e. The summed E-state index contributed by atoms with van der Waals surface area (Å²) in [6.07, 6.45) is 3.13. The van der Waals surface area contributed by atoms with Crippen LogP contribution in [0.5, 0.6) is 11.6 Å². The van der Waals surface area contributed by atoms with Crippen molar-refractivity contribution in [2.24, 2.45) is 0 Å². The van der Waals surface area contributed by atoms with Crippen molar-refractivity contribution in [3.05, 3.63) is 87.8 Å². The van der Waals surface area contributed by atoms with Crippen LogP contribution in [-0.2, 0) is 4.74 Å². The van der Waals surface area contributed by atoms with E-state index in [1.807, 2.05) is 13.8 Å². The third-order valence-electron chi connectivity index (χ3n) is 5.13. The lowest BCUT2D eigenvalue weighted by molar-refractivity contribution is 0.0499. The van der Waals surface area contributed by atoms with Crippen LogP contribution in [0.15, 0.2) is 54.7 Å². The molecule has 3 aromatic rings. The number of hydrogen-bond donors (Lipinski definition) is 1. The molecule has 0 unspecified atom stereocenters. The summed E-state index contributed by atoms with van der Waals surface area (Å²) in [5.74, 6) is -0.783. The van der Waals surface area contributed by atoms with Crippen molar-refractivity contribution in [2.45, 2.75) is 39.7 Å². The van der Waals surface area contributed by atoms with Gasteiger partial charge in [0.15, 0.2) is 0 Å². The Morgan fingerprint density at radius 2 is 1.88 bits per heavy atom. The Hall–Kier alpha value is -3.45. The second-order valence-electron chi connectivity index (χ2n) is 7.82. The van der Waals surface area contributed by atoms with Gasteiger partial charge in [0.1, 0.15) is 17.1 Å².